The van der Waals surface area contributed by atoms with Crippen molar-refractivity contribution < 1.29 is 14.1 Å². The smallest absolute Gasteiger partial charge is 0.254 e. The van der Waals surface area contributed by atoms with E-state index < -0.39 is 0 Å². The molecular formula is C26H31N3O3. The molecule has 2 aliphatic heterocycles. The normalized spacial score (nSPS) is 17.7. The van der Waals surface area contributed by atoms with Crippen LogP contribution < -0.4 is 4.74 Å². The lowest BCUT2D eigenvalue weighted by Crippen LogP contribution is -2.34. The molecule has 3 aromatic rings. The van der Waals surface area contributed by atoms with Crippen molar-refractivity contribution in [2.45, 2.75) is 38.5 Å². The molecule has 5 rings (SSSR count). The molecule has 1 amide bonds. The van der Waals surface area contributed by atoms with Gasteiger partial charge in [-0.15, -0.1) is 0 Å². The number of carbonyl (C=O) groups excluding carboxylic acids is 1. The highest BCUT2D eigenvalue weighted by Gasteiger charge is 2.25. The molecule has 0 N–H and O–H groups in total. The SMILES string of the molecule is Cc1ccc2c(C3CCN(CCCOc4ccc5c(c4)C(=O)N(C)CC5)CC3)noc2c1. The van der Waals surface area contributed by atoms with Crippen molar-refractivity contribution in [2.75, 3.05) is 39.8 Å². The van der Waals surface area contributed by atoms with Crippen molar-refractivity contribution in [1.82, 2.24) is 15.0 Å². The summed E-state index contributed by atoms with van der Waals surface area (Å²) in [7, 11) is 1.86. The van der Waals surface area contributed by atoms with Gasteiger partial charge in [-0.1, -0.05) is 17.3 Å². The first-order valence-electron chi connectivity index (χ1n) is 11.7. The second-order valence-electron chi connectivity index (χ2n) is 9.18. The molecule has 0 unspecified atom stereocenters. The number of piperidine rings is 1. The van der Waals surface area contributed by atoms with Gasteiger partial charge in [0, 0.05) is 37.0 Å². The standard InChI is InChI=1S/C26H31N3O3/c1-18-4-7-22-24(16-18)32-27-25(22)20-9-13-29(14-10-20)11-3-15-31-21-6-5-19-8-12-28(2)26(30)23(19)17-21/h4-7,16-17,20H,3,8-15H2,1-2H3. The molecule has 32 heavy (non-hydrogen) atoms. The number of fused-ring (bicyclic) bond motifs is 2. The molecule has 6 nitrogen and oxygen atoms in total. The third kappa shape index (κ3) is 4.24. The van der Waals surface area contributed by atoms with E-state index in [4.69, 9.17) is 9.26 Å². The van der Waals surface area contributed by atoms with Crippen LogP contribution in [0.3, 0.4) is 0 Å². The predicted molar refractivity (Wildman–Crippen MR) is 124 cm³/mol. The Morgan fingerprint density at radius 1 is 1.12 bits per heavy atom. The zero-order valence-electron chi connectivity index (χ0n) is 19.0. The number of rotatable bonds is 6. The van der Waals surface area contributed by atoms with Crippen LogP contribution in [0.5, 0.6) is 5.75 Å². The first kappa shape index (κ1) is 21.0. The minimum atomic E-state index is 0.0922. The number of ether oxygens (including phenoxy) is 1. The fourth-order valence-corrected chi connectivity index (χ4v) is 4.92. The van der Waals surface area contributed by atoms with Crippen LogP contribution in [0, 0.1) is 6.92 Å². The summed E-state index contributed by atoms with van der Waals surface area (Å²) in [5.74, 6) is 1.35. The minimum Gasteiger partial charge on any atom is -0.494 e. The molecule has 0 aliphatic carbocycles. The lowest BCUT2D eigenvalue weighted by Gasteiger charge is -2.31. The number of aromatic nitrogens is 1. The van der Waals surface area contributed by atoms with Gasteiger partial charge in [-0.2, -0.15) is 0 Å². The second kappa shape index (κ2) is 8.94. The number of carbonyl (C=O) groups is 1. The van der Waals surface area contributed by atoms with Crippen molar-refractivity contribution in [2.24, 2.45) is 0 Å². The third-order valence-electron chi connectivity index (χ3n) is 6.89. The van der Waals surface area contributed by atoms with E-state index >= 15 is 0 Å². The lowest BCUT2D eigenvalue weighted by molar-refractivity contribution is 0.0780. The number of hydrogen-bond donors (Lipinski definition) is 0. The van der Waals surface area contributed by atoms with Crippen LogP contribution in [-0.2, 0) is 6.42 Å². The number of nitrogens with zero attached hydrogens (tertiary/aromatic N) is 3. The molecule has 2 aromatic carbocycles. The Hall–Kier alpha value is -2.86. The Morgan fingerprint density at radius 3 is 2.81 bits per heavy atom. The van der Waals surface area contributed by atoms with Crippen molar-refractivity contribution in [3.05, 3.63) is 58.8 Å². The van der Waals surface area contributed by atoms with Crippen LogP contribution in [0.25, 0.3) is 11.0 Å². The summed E-state index contributed by atoms with van der Waals surface area (Å²) in [6.45, 7) is 6.70. The van der Waals surface area contributed by atoms with Gasteiger partial charge < -0.3 is 19.1 Å². The van der Waals surface area contributed by atoms with Gasteiger partial charge in [0.2, 0.25) is 0 Å². The fraction of sp³-hybridized carbons (Fsp3) is 0.462. The van der Waals surface area contributed by atoms with Gasteiger partial charge in [0.15, 0.2) is 5.58 Å². The molecule has 1 saturated heterocycles. The summed E-state index contributed by atoms with van der Waals surface area (Å²) in [6.07, 6.45) is 4.10. The van der Waals surface area contributed by atoms with E-state index in [0.29, 0.717) is 12.5 Å². The number of amides is 1. The van der Waals surface area contributed by atoms with Crippen molar-refractivity contribution in [3.8, 4) is 5.75 Å². The maximum absolute atomic E-state index is 12.4. The number of likely N-dealkylation sites (N-methyl/N-ethyl adjacent to an activating group) is 1. The van der Waals surface area contributed by atoms with Crippen molar-refractivity contribution >= 4 is 16.9 Å². The summed E-state index contributed by atoms with van der Waals surface area (Å²) >= 11 is 0. The monoisotopic (exact) mass is 433 g/mol. The van der Waals surface area contributed by atoms with Gasteiger partial charge in [-0.05, 0) is 81.1 Å². The van der Waals surface area contributed by atoms with Gasteiger partial charge in [-0.25, -0.2) is 0 Å². The van der Waals surface area contributed by atoms with E-state index in [9.17, 15) is 4.79 Å². The summed E-state index contributed by atoms with van der Waals surface area (Å²) in [4.78, 5) is 16.6. The zero-order chi connectivity index (χ0) is 22.1. The minimum absolute atomic E-state index is 0.0922. The first-order valence-corrected chi connectivity index (χ1v) is 11.7. The molecule has 0 saturated carbocycles. The quantitative estimate of drug-likeness (QED) is 0.539. The van der Waals surface area contributed by atoms with Crippen LogP contribution in [-0.4, -0.2) is 60.7 Å². The highest BCUT2D eigenvalue weighted by atomic mass is 16.5. The van der Waals surface area contributed by atoms with Gasteiger partial charge in [0.25, 0.3) is 5.91 Å². The lowest BCUT2D eigenvalue weighted by atomic mass is 9.91. The molecule has 0 radical (unpaired) electrons. The molecule has 0 atom stereocenters. The van der Waals surface area contributed by atoms with E-state index in [1.54, 1.807) is 4.90 Å². The Labute approximate surface area is 189 Å². The Balaban J connectivity index is 1.09. The molecule has 3 heterocycles. The summed E-state index contributed by atoms with van der Waals surface area (Å²) < 4.78 is 11.5. The maximum Gasteiger partial charge on any atom is 0.254 e. The van der Waals surface area contributed by atoms with E-state index in [1.807, 2.05) is 25.2 Å². The van der Waals surface area contributed by atoms with Crippen molar-refractivity contribution in [3.63, 3.8) is 0 Å². The van der Waals surface area contributed by atoms with Gasteiger partial charge in [-0.3, -0.25) is 4.79 Å². The van der Waals surface area contributed by atoms with Crippen LogP contribution in [0.4, 0.5) is 0 Å². The largest absolute Gasteiger partial charge is 0.494 e. The first-order chi connectivity index (χ1) is 15.6. The maximum atomic E-state index is 12.4. The van der Waals surface area contributed by atoms with Crippen LogP contribution in [0.1, 0.15) is 52.4 Å². The number of benzene rings is 2. The van der Waals surface area contributed by atoms with E-state index in [0.717, 1.165) is 85.4 Å². The average molecular weight is 434 g/mol. The molecule has 1 aromatic heterocycles. The van der Waals surface area contributed by atoms with Gasteiger partial charge >= 0.3 is 0 Å². The molecule has 0 bridgehead atoms. The van der Waals surface area contributed by atoms with Crippen LogP contribution in [0.15, 0.2) is 40.9 Å². The Kier molecular flexibility index (Phi) is 5.87. The molecule has 0 spiro atoms. The second-order valence-corrected chi connectivity index (χ2v) is 9.18. The molecule has 168 valence electrons. The van der Waals surface area contributed by atoms with Gasteiger partial charge in [0.05, 0.1) is 12.3 Å². The van der Waals surface area contributed by atoms with E-state index in [2.05, 4.69) is 35.2 Å². The van der Waals surface area contributed by atoms with E-state index in [1.165, 1.54) is 5.56 Å². The van der Waals surface area contributed by atoms with Crippen LogP contribution >= 0.6 is 0 Å². The topological polar surface area (TPSA) is 58.8 Å². The average Bonchev–Trinajstić information content (AvgIpc) is 3.23. The molecule has 1 fully saturated rings. The predicted octanol–water partition coefficient (Wildman–Crippen LogP) is 4.41. The highest BCUT2D eigenvalue weighted by Crippen LogP contribution is 2.33. The molecule has 6 heteroatoms. The number of likely N-dealkylation sites (tertiary alicyclic amines) is 1. The highest BCUT2D eigenvalue weighted by molar-refractivity contribution is 5.97. The summed E-state index contributed by atoms with van der Waals surface area (Å²) in [6, 6.07) is 12.3. The number of aryl methyl sites for hydroxylation is 1. The zero-order valence-corrected chi connectivity index (χ0v) is 19.0. The third-order valence-corrected chi connectivity index (χ3v) is 6.89. The van der Waals surface area contributed by atoms with Gasteiger partial charge in [0.1, 0.15) is 5.75 Å². The summed E-state index contributed by atoms with van der Waals surface area (Å²) in [5.41, 5.74) is 5.13. The molecular weight excluding hydrogens is 402 g/mol. The number of hydrogen-bond acceptors (Lipinski definition) is 5. The Bertz CT molecular complexity index is 1110. The van der Waals surface area contributed by atoms with E-state index in [-0.39, 0.29) is 5.91 Å². The van der Waals surface area contributed by atoms with Crippen LogP contribution in [0.2, 0.25) is 0 Å². The fourth-order valence-electron chi connectivity index (χ4n) is 4.92. The molecule has 2 aliphatic rings. The van der Waals surface area contributed by atoms with Crippen molar-refractivity contribution in [1.29, 1.82) is 0 Å². The Morgan fingerprint density at radius 2 is 1.97 bits per heavy atom. The summed E-state index contributed by atoms with van der Waals surface area (Å²) in [5, 5.41) is 5.56.